The van der Waals surface area contributed by atoms with E-state index in [9.17, 15) is 18.0 Å². The maximum Gasteiger partial charge on any atom is 0.310 e. The maximum absolute atomic E-state index is 12.7. The van der Waals surface area contributed by atoms with E-state index in [0.717, 1.165) is 12.1 Å². The summed E-state index contributed by atoms with van der Waals surface area (Å²) in [7, 11) is 0. The van der Waals surface area contributed by atoms with E-state index in [1.54, 1.807) is 6.92 Å². The van der Waals surface area contributed by atoms with Crippen LogP contribution in [-0.2, 0) is 16.0 Å². The van der Waals surface area contributed by atoms with Crippen molar-refractivity contribution in [2.45, 2.75) is 13.3 Å². The van der Waals surface area contributed by atoms with Crippen molar-refractivity contribution in [3.8, 4) is 0 Å². The fraction of sp³-hybridized carbons (Fsp3) is 0.300. The first-order valence-electron chi connectivity index (χ1n) is 4.33. The molecule has 0 atom stereocenters. The highest BCUT2D eigenvalue weighted by molar-refractivity contribution is 5.72. The number of esters is 1. The minimum atomic E-state index is -1.54. The molecular formula is C10H9F3O2. The van der Waals surface area contributed by atoms with Crippen LogP contribution in [0.25, 0.3) is 0 Å². The first-order valence-corrected chi connectivity index (χ1v) is 4.33. The van der Waals surface area contributed by atoms with E-state index in [1.807, 2.05) is 0 Å². The standard InChI is InChI=1S/C10H9F3O2/c1-2-15-9(14)5-6-3-7(11)10(13)8(12)4-6/h3-4H,2,5H2,1H3. The van der Waals surface area contributed by atoms with Crippen LogP contribution in [0.5, 0.6) is 0 Å². The molecule has 0 fully saturated rings. The summed E-state index contributed by atoms with van der Waals surface area (Å²) in [6.45, 7) is 1.80. The lowest BCUT2D eigenvalue weighted by atomic mass is 10.1. The van der Waals surface area contributed by atoms with E-state index in [1.165, 1.54) is 0 Å². The molecule has 1 aromatic carbocycles. The Hall–Kier alpha value is -1.52. The normalized spacial score (nSPS) is 10.1. The second-order valence-corrected chi connectivity index (χ2v) is 2.86. The van der Waals surface area contributed by atoms with Gasteiger partial charge in [-0.15, -0.1) is 0 Å². The van der Waals surface area contributed by atoms with Gasteiger partial charge in [0.2, 0.25) is 0 Å². The molecule has 0 radical (unpaired) electrons. The Morgan fingerprint density at radius 3 is 2.27 bits per heavy atom. The fourth-order valence-corrected chi connectivity index (χ4v) is 1.09. The zero-order chi connectivity index (χ0) is 11.4. The van der Waals surface area contributed by atoms with Gasteiger partial charge in [0.15, 0.2) is 17.5 Å². The average molecular weight is 218 g/mol. The number of carbonyl (C=O) groups excluding carboxylic acids is 1. The first kappa shape index (κ1) is 11.6. The highest BCUT2D eigenvalue weighted by atomic mass is 19.2. The minimum absolute atomic E-state index is 0.0462. The SMILES string of the molecule is CCOC(=O)Cc1cc(F)c(F)c(F)c1. The van der Waals surface area contributed by atoms with E-state index in [4.69, 9.17) is 0 Å². The maximum atomic E-state index is 12.7. The zero-order valence-electron chi connectivity index (χ0n) is 8.02. The van der Waals surface area contributed by atoms with Crippen LogP contribution in [0.4, 0.5) is 13.2 Å². The van der Waals surface area contributed by atoms with Gasteiger partial charge in [-0.25, -0.2) is 13.2 Å². The summed E-state index contributed by atoms with van der Waals surface area (Å²) < 4.78 is 42.5. The summed E-state index contributed by atoms with van der Waals surface area (Å²) in [5.41, 5.74) is 0.0462. The predicted octanol–water partition coefficient (Wildman–Crippen LogP) is 2.21. The van der Waals surface area contributed by atoms with Crippen LogP contribution in [0, 0.1) is 17.5 Å². The summed E-state index contributed by atoms with van der Waals surface area (Å²) in [6.07, 6.45) is -0.276. The molecule has 0 aliphatic carbocycles. The summed E-state index contributed by atoms with van der Waals surface area (Å²) in [6, 6.07) is 1.55. The molecule has 0 saturated heterocycles. The van der Waals surface area contributed by atoms with Gasteiger partial charge in [0.1, 0.15) is 0 Å². The number of benzene rings is 1. The van der Waals surface area contributed by atoms with Crippen molar-refractivity contribution in [1.82, 2.24) is 0 Å². The van der Waals surface area contributed by atoms with Crippen LogP contribution in [0.1, 0.15) is 12.5 Å². The van der Waals surface area contributed by atoms with Crippen LogP contribution in [0.15, 0.2) is 12.1 Å². The molecule has 0 aromatic heterocycles. The van der Waals surface area contributed by atoms with Crippen LogP contribution in [0.3, 0.4) is 0 Å². The number of rotatable bonds is 3. The van der Waals surface area contributed by atoms with E-state index in [0.29, 0.717) is 0 Å². The van der Waals surface area contributed by atoms with E-state index in [-0.39, 0.29) is 18.6 Å². The molecule has 0 heterocycles. The third-order valence-corrected chi connectivity index (χ3v) is 1.70. The number of ether oxygens (including phenoxy) is 1. The predicted molar refractivity (Wildman–Crippen MR) is 46.7 cm³/mol. The summed E-state index contributed by atoms with van der Waals surface area (Å²) in [4.78, 5) is 11.0. The molecular weight excluding hydrogens is 209 g/mol. The third-order valence-electron chi connectivity index (χ3n) is 1.70. The van der Waals surface area contributed by atoms with Gasteiger partial charge in [-0.2, -0.15) is 0 Å². The molecule has 0 spiro atoms. The minimum Gasteiger partial charge on any atom is -0.466 e. The van der Waals surface area contributed by atoms with Gasteiger partial charge in [0, 0.05) is 0 Å². The Bertz CT molecular complexity index is 354. The highest BCUT2D eigenvalue weighted by Crippen LogP contribution is 2.14. The smallest absolute Gasteiger partial charge is 0.310 e. The molecule has 2 nitrogen and oxygen atoms in total. The lowest BCUT2D eigenvalue weighted by Gasteiger charge is -2.03. The average Bonchev–Trinajstić information content (AvgIpc) is 2.14. The number of halogens is 3. The molecule has 0 amide bonds. The lowest BCUT2D eigenvalue weighted by Crippen LogP contribution is -2.08. The van der Waals surface area contributed by atoms with Crippen molar-refractivity contribution in [3.63, 3.8) is 0 Å². The second-order valence-electron chi connectivity index (χ2n) is 2.86. The van der Waals surface area contributed by atoms with Crippen LogP contribution < -0.4 is 0 Å². The molecule has 0 saturated carbocycles. The topological polar surface area (TPSA) is 26.3 Å². The van der Waals surface area contributed by atoms with Gasteiger partial charge in [-0.05, 0) is 24.6 Å². The van der Waals surface area contributed by atoms with Crippen LogP contribution in [-0.4, -0.2) is 12.6 Å². The zero-order valence-corrected chi connectivity index (χ0v) is 8.02. The summed E-state index contributed by atoms with van der Waals surface area (Å²) in [5.74, 6) is -4.77. The van der Waals surface area contributed by atoms with Crippen molar-refractivity contribution in [1.29, 1.82) is 0 Å². The van der Waals surface area contributed by atoms with Crippen LogP contribution in [0.2, 0.25) is 0 Å². The Balaban J connectivity index is 2.83. The monoisotopic (exact) mass is 218 g/mol. The second kappa shape index (κ2) is 4.82. The number of hydrogen-bond acceptors (Lipinski definition) is 2. The van der Waals surface area contributed by atoms with Gasteiger partial charge in [0.25, 0.3) is 0 Å². The number of hydrogen-bond donors (Lipinski definition) is 0. The Morgan fingerprint density at radius 2 is 1.80 bits per heavy atom. The van der Waals surface area contributed by atoms with Crippen molar-refractivity contribution >= 4 is 5.97 Å². The molecule has 0 aliphatic heterocycles. The summed E-state index contributed by atoms with van der Waals surface area (Å²) >= 11 is 0. The Kier molecular flexibility index (Phi) is 3.71. The van der Waals surface area contributed by atoms with Crippen molar-refractivity contribution < 1.29 is 22.7 Å². The Morgan fingerprint density at radius 1 is 1.27 bits per heavy atom. The van der Waals surface area contributed by atoms with E-state index in [2.05, 4.69) is 4.74 Å². The first-order chi connectivity index (χ1) is 7.04. The third kappa shape index (κ3) is 2.97. The molecule has 1 rings (SSSR count). The molecule has 0 aliphatic rings. The van der Waals surface area contributed by atoms with Gasteiger partial charge in [-0.3, -0.25) is 4.79 Å². The van der Waals surface area contributed by atoms with Crippen molar-refractivity contribution in [2.75, 3.05) is 6.61 Å². The molecule has 82 valence electrons. The molecule has 1 aromatic rings. The molecule has 0 bridgehead atoms. The van der Waals surface area contributed by atoms with Crippen LogP contribution >= 0.6 is 0 Å². The van der Waals surface area contributed by atoms with Gasteiger partial charge in [0.05, 0.1) is 13.0 Å². The fourth-order valence-electron chi connectivity index (χ4n) is 1.09. The number of carbonyl (C=O) groups is 1. The lowest BCUT2D eigenvalue weighted by molar-refractivity contribution is -0.142. The van der Waals surface area contributed by atoms with Gasteiger partial charge >= 0.3 is 5.97 Å². The molecule has 0 N–H and O–H groups in total. The summed E-state index contributed by atoms with van der Waals surface area (Å²) in [5, 5.41) is 0. The van der Waals surface area contributed by atoms with Crippen molar-refractivity contribution in [3.05, 3.63) is 35.1 Å². The van der Waals surface area contributed by atoms with Gasteiger partial charge < -0.3 is 4.74 Å². The van der Waals surface area contributed by atoms with Gasteiger partial charge in [-0.1, -0.05) is 0 Å². The highest BCUT2D eigenvalue weighted by Gasteiger charge is 2.12. The largest absolute Gasteiger partial charge is 0.466 e. The Labute approximate surface area is 84.7 Å². The van der Waals surface area contributed by atoms with E-state index < -0.39 is 23.4 Å². The molecule has 5 heteroatoms. The molecule has 15 heavy (non-hydrogen) atoms. The quantitative estimate of drug-likeness (QED) is 0.574. The van der Waals surface area contributed by atoms with Crippen molar-refractivity contribution in [2.24, 2.45) is 0 Å². The van der Waals surface area contributed by atoms with E-state index >= 15 is 0 Å². The molecule has 0 unspecified atom stereocenters.